The number of ether oxygens (including phenoxy) is 2. The minimum absolute atomic E-state index is 0.0453. The lowest BCUT2D eigenvalue weighted by Crippen LogP contribution is -2.50. The summed E-state index contributed by atoms with van der Waals surface area (Å²) in [6, 6.07) is 15.5. The maximum atomic E-state index is 12.6. The highest BCUT2D eigenvalue weighted by Crippen LogP contribution is 2.36. The van der Waals surface area contributed by atoms with Gasteiger partial charge in [-0.2, -0.15) is 0 Å². The van der Waals surface area contributed by atoms with E-state index in [9.17, 15) is 4.79 Å². The van der Waals surface area contributed by atoms with Crippen LogP contribution in [0.3, 0.4) is 0 Å². The first kappa shape index (κ1) is 16.6. The predicted molar refractivity (Wildman–Crippen MR) is 96.9 cm³/mol. The number of carbonyl (C=O) groups is 1. The minimum atomic E-state index is -0.169. The molecule has 5 heteroatoms. The van der Waals surface area contributed by atoms with Gasteiger partial charge in [-0.1, -0.05) is 48.0 Å². The van der Waals surface area contributed by atoms with E-state index in [0.29, 0.717) is 30.3 Å². The minimum Gasteiger partial charge on any atom is -0.375 e. The number of rotatable bonds is 4. The Hall–Kier alpha value is -1.88. The van der Waals surface area contributed by atoms with Crippen molar-refractivity contribution in [1.29, 1.82) is 0 Å². The Morgan fingerprint density at radius 3 is 2.64 bits per heavy atom. The number of amides is 1. The first-order chi connectivity index (χ1) is 12.2. The largest absolute Gasteiger partial charge is 0.375 e. The van der Waals surface area contributed by atoms with Crippen molar-refractivity contribution >= 4 is 17.5 Å². The van der Waals surface area contributed by atoms with E-state index in [1.54, 1.807) is 6.07 Å². The van der Waals surface area contributed by atoms with E-state index in [4.69, 9.17) is 21.1 Å². The lowest BCUT2D eigenvalue weighted by molar-refractivity contribution is -0.199. The first-order valence-electron chi connectivity index (χ1n) is 8.54. The summed E-state index contributed by atoms with van der Waals surface area (Å²) in [5, 5.41) is 3.41. The van der Waals surface area contributed by atoms with Crippen molar-refractivity contribution < 1.29 is 14.3 Å². The molecule has 0 bridgehead atoms. The summed E-state index contributed by atoms with van der Waals surface area (Å²) in [5.74, 6) is -0.169. The van der Waals surface area contributed by atoms with Crippen LogP contribution in [0.25, 0.3) is 11.1 Å². The summed E-state index contributed by atoms with van der Waals surface area (Å²) >= 11 is 6.24. The number of hydrogen-bond acceptors (Lipinski definition) is 3. The van der Waals surface area contributed by atoms with Gasteiger partial charge >= 0.3 is 0 Å². The average Bonchev–Trinajstić information content (AvgIpc) is 3.06. The van der Waals surface area contributed by atoms with Gasteiger partial charge < -0.3 is 14.8 Å². The standard InChI is InChI=1S/C20H20ClNO3/c21-18-7-6-15(14-4-2-1-3-5-14)10-17(18)19(23)22-11-16-8-9-20(25-16)12-24-13-20/h1-7,10,16H,8-9,11-13H2,(H,22,23). The Kier molecular flexibility index (Phi) is 4.50. The van der Waals surface area contributed by atoms with Crippen molar-refractivity contribution in [2.24, 2.45) is 0 Å². The molecule has 130 valence electrons. The summed E-state index contributed by atoms with van der Waals surface area (Å²) in [6.07, 6.45) is 1.99. The van der Waals surface area contributed by atoms with Crippen molar-refractivity contribution in [2.45, 2.75) is 24.5 Å². The maximum absolute atomic E-state index is 12.6. The summed E-state index contributed by atoms with van der Waals surface area (Å²) < 4.78 is 11.3. The molecule has 2 fully saturated rings. The van der Waals surface area contributed by atoms with Crippen LogP contribution in [0.1, 0.15) is 23.2 Å². The van der Waals surface area contributed by atoms with Gasteiger partial charge in [0.1, 0.15) is 5.60 Å². The summed E-state index contributed by atoms with van der Waals surface area (Å²) in [5.41, 5.74) is 2.42. The zero-order valence-electron chi connectivity index (χ0n) is 13.8. The third-order valence-corrected chi connectivity index (χ3v) is 5.21. The normalized spacial score (nSPS) is 21.1. The fourth-order valence-corrected chi connectivity index (χ4v) is 3.60. The molecule has 1 unspecified atom stereocenters. The van der Waals surface area contributed by atoms with Crippen LogP contribution in [0.2, 0.25) is 5.02 Å². The molecule has 2 aliphatic heterocycles. The maximum Gasteiger partial charge on any atom is 0.252 e. The van der Waals surface area contributed by atoms with Crippen LogP contribution in [-0.4, -0.2) is 37.4 Å². The molecule has 2 aliphatic rings. The third-order valence-electron chi connectivity index (χ3n) is 4.88. The van der Waals surface area contributed by atoms with Crippen molar-refractivity contribution in [1.82, 2.24) is 5.32 Å². The second kappa shape index (κ2) is 6.79. The number of nitrogens with one attached hydrogen (secondary N) is 1. The highest BCUT2D eigenvalue weighted by atomic mass is 35.5. The molecular formula is C20H20ClNO3. The topological polar surface area (TPSA) is 47.6 Å². The SMILES string of the molecule is O=C(NCC1CCC2(COC2)O1)c1cc(-c2ccccc2)ccc1Cl. The van der Waals surface area contributed by atoms with Gasteiger partial charge in [-0.3, -0.25) is 4.79 Å². The molecule has 0 aliphatic carbocycles. The van der Waals surface area contributed by atoms with Gasteiger partial charge in [0, 0.05) is 6.54 Å². The van der Waals surface area contributed by atoms with Crippen molar-refractivity contribution in [3.05, 3.63) is 59.1 Å². The summed E-state index contributed by atoms with van der Waals surface area (Å²) in [7, 11) is 0. The Balaban J connectivity index is 1.43. The molecular weight excluding hydrogens is 338 g/mol. The van der Waals surface area contributed by atoms with Crippen LogP contribution >= 0.6 is 11.6 Å². The molecule has 0 saturated carbocycles. The fourth-order valence-electron chi connectivity index (χ4n) is 3.39. The highest BCUT2D eigenvalue weighted by molar-refractivity contribution is 6.34. The van der Waals surface area contributed by atoms with Crippen molar-refractivity contribution in [3.63, 3.8) is 0 Å². The molecule has 4 rings (SSSR count). The monoisotopic (exact) mass is 357 g/mol. The molecule has 25 heavy (non-hydrogen) atoms. The molecule has 2 aromatic carbocycles. The summed E-state index contributed by atoms with van der Waals surface area (Å²) in [4.78, 5) is 12.6. The zero-order chi connectivity index (χ0) is 17.3. The Morgan fingerprint density at radius 1 is 1.16 bits per heavy atom. The van der Waals surface area contributed by atoms with E-state index in [-0.39, 0.29) is 17.6 Å². The third kappa shape index (κ3) is 3.43. The lowest BCUT2D eigenvalue weighted by Gasteiger charge is -2.37. The first-order valence-corrected chi connectivity index (χ1v) is 8.92. The molecule has 4 nitrogen and oxygen atoms in total. The van der Waals surface area contributed by atoms with E-state index in [0.717, 1.165) is 24.0 Å². The zero-order valence-corrected chi connectivity index (χ0v) is 14.6. The van der Waals surface area contributed by atoms with Gasteiger partial charge in [-0.15, -0.1) is 0 Å². The Bertz CT molecular complexity index is 774. The molecule has 0 aromatic heterocycles. The number of halogens is 1. The van der Waals surface area contributed by atoms with Gasteiger partial charge in [0.25, 0.3) is 5.91 Å². The second-order valence-electron chi connectivity index (χ2n) is 6.73. The van der Waals surface area contributed by atoms with Crippen LogP contribution in [-0.2, 0) is 9.47 Å². The number of benzene rings is 2. The van der Waals surface area contributed by atoms with E-state index >= 15 is 0 Å². The van der Waals surface area contributed by atoms with Gasteiger partial charge in [0.05, 0.1) is 29.9 Å². The lowest BCUT2D eigenvalue weighted by atomic mass is 9.98. The van der Waals surface area contributed by atoms with Crippen molar-refractivity contribution in [3.8, 4) is 11.1 Å². The Labute approximate surface area is 152 Å². The molecule has 2 heterocycles. The number of carbonyl (C=O) groups excluding carboxylic acids is 1. The molecule has 0 radical (unpaired) electrons. The summed E-state index contributed by atoms with van der Waals surface area (Å²) in [6.45, 7) is 1.83. The number of hydrogen-bond donors (Lipinski definition) is 1. The highest BCUT2D eigenvalue weighted by Gasteiger charge is 2.46. The second-order valence-corrected chi connectivity index (χ2v) is 7.13. The molecule has 2 saturated heterocycles. The van der Waals surface area contributed by atoms with Gasteiger partial charge in [0.2, 0.25) is 0 Å². The smallest absolute Gasteiger partial charge is 0.252 e. The van der Waals surface area contributed by atoms with Crippen LogP contribution < -0.4 is 5.32 Å². The quantitative estimate of drug-likeness (QED) is 0.907. The van der Waals surface area contributed by atoms with Crippen LogP contribution in [0.15, 0.2) is 48.5 Å². The predicted octanol–water partition coefficient (Wildman–Crippen LogP) is 3.68. The van der Waals surface area contributed by atoms with E-state index in [1.165, 1.54) is 0 Å². The van der Waals surface area contributed by atoms with E-state index < -0.39 is 0 Å². The molecule has 1 spiro atoms. The van der Waals surface area contributed by atoms with E-state index in [1.807, 2.05) is 42.5 Å². The van der Waals surface area contributed by atoms with Crippen LogP contribution in [0.5, 0.6) is 0 Å². The molecule has 1 amide bonds. The fraction of sp³-hybridized carbons (Fsp3) is 0.350. The van der Waals surface area contributed by atoms with Gasteiger partial charge in [-0.25, -0.2) is 0 Å². The molecule has 2 aromatic rings. The molecule has 1 N–H and O–H groups in total. The van der Waals surface area contributed by atoms with Gasteiger partial charge in [0.15, 0.2) is 0 Å². The van der Waals surface area contributed by atoms with Crippen LogP contribution in [0.4, 0.5) is 0 Å². The molecule has 1 atom stereocenters. The Morgan fingerprint density at radius 2 is 1.96 bits per heavy atom. The van der Waals surface area contributed by atoms with Crippen LogP contribution in [0, 0.1) is 0 Å². The average molecular weight is 358 g/mol. The van der Waals surface area contributed by atoms with E-state index in [2.05, 4.69) is 5.32 Å². The van der Waals surface area contributed by atoms with Crippen molar-refractivity contribution in [2.75, 3.05) is 19.8 Å². The van der Waals surface area contributed by atoms with Gasteiger partial charge in [-0.05, 0) is 36.1 Å².